The molecule has 1 aliphatic heterocycles. The molecule has 2 aromatic carbocycles. The van der Waals surface area contributed by atoms with Crippen LogP contribution in [0.1, 0.15) is 68.3 Å². The monoisotopic (exact) mass is 789 g/mol. The highest BCUT2D eigenvalue weighted by molar-refractivity contribution is 6.31. The highest BCUT2D eigenvalue weighted by Crippen LogP contribution is 2.30. The SMILES string of the molecule is C[C@@H](NC(=O)c1nc(C(C)(C)C)no1)c1ccc(-c2cc(Nc3ccc(N4CCN(CCc5ccc(-n6ccc(=O)[nH]c6=O)cc5)C[C@@H]4C)cn3)ncn2)cc1Cl. The number of halogens is 1. The van der Waals surface area contributed by atoms with Gasteiger partial charge in [0, 0.05) is 66.6 Å². The Morgan fingerprint density at radius 1 is 0.982 bits per heavy atom. The van der Waals surface area contributed by atoms with Crippen molar-refractivity contribution in [2.24, 2.45) is 0 Å². The summed E-state index contributed by atoms with van der Waals surface area (Å²) in [5.41, 5.74) is 3.91. The predicted molar refractivity (Wildman–Crippen MR) is 218 cm³/mol. The zero-order chi connectivity index (χ0) is 40.3. The minimum Gasteiger partial charge on any atom is -0.365 e. The first-order valence-corrected chi connectivity index (χ1v) is 19.1. The molecule has 6 aromatic rings. The van der Waals surface area contributed by atoms with E-state index in [9.17, 15) is 14.4 Å². The predicted octanol–water partition coefficient (Wildman–Crippen LogP) is 5.70. The van der Waals surface area contributed by atoms with E-state index in [1.807, 2.05) is 88.5 Å². The van der Waals surface area contributed by atoms with Crippen LogP contribution in [0.2, 0.25) is 5.02 Å². The Bertz CT molecular complexity index is 2480. The van der Waals surface area contributed by atoms with Crippen molar-refractivity contribution in [1.82, 2.24) is 44.9 Å². The van der Waals surface area contributed by atoms with Crippen LogP contribution >= 0.6 is 11.6 Å². The maximum absolute atomic E-state index is 12.8. The molecule has 2 atom stereocenters. The van der Waals surface area contributed by atoms with E-state index in [4.69, 9.17) is 16.1 Å². The van der Waals surface area contributed by atoms with Gasteiger partial charge in [0.2, 0.25) is 0 Å². The average Bonchev–Trinajstić information content (AvgIpc) is 3.70. The summed E-state index contributed by atoms with van der Waals surface area (Å²) in [7, 11) is 0. The summed E-state index contributed by atoms with van der Waals surface area (Å²) in [5, 5.41) is 10.6. The quantitative estimate of drug-likeness (QED) is 0.146. The molecule has 1 aliphatic rings. The lowest BCUT2D eigenvalue weighted by Gasteiger charge is -2.41. The van der Waals surface area contributed by atoms with Crippen LogP contribution < -0.4 is 26.8 Å². The van der Waals surface area contributed by atoms with Gasteiger partial charge in [0.15, 0.2) is 5.82 Å². The van der Waals surface area contributed by atoms with Gasteiger partial charge < -0.3 is 20.1 Å². The van der Waals surface area contributed by atoms with Gasteiger partial charge >= 0.3 is 17.5 Å². The van der Waals surface area contributed by atoms with E-state index in [2.05, 4.69) is 63.5 Å². The molecule has 4 aromatic heterocycles. The highest BCUT2D eigenvalue weighted by atomic mass is 35.5. The topological polar surface area (TPSA) is 180 Å². The molecule has 0 unspecified atom stereocenters. The van der Waals surface area contributed by atoms with Crippen LogP contribution in [0.3, 0.4) is 0 Å². The Labute approximate surface area is 334 Å². The normalized spacial score (nSPS) is 15.3. The number of benzene rings is 2. The van der Waals surface area contributed by atoms with Crippen LogP contribution in [0.5, 0.6) is 0 Å². The smallest absolute Gasteiger partial charge is 0.332 e. The van der Waals surface area contributed by atoms with Gasteiger partial charge in [-0.1, -0.05) is 61.8 Å². The molecule has 1 saturated heterocycles. The van der Waals surface area contributed by atoms with E-state index in [0.29, 0.717) is 39.9 Å². The van der Waals surface area contributed by atoms with Crippen LogP contribution in [0.15, 0.2) is 99.6 Å². The number of pyridine rings is 1. The minimum absolute atomic E-state index is 0.0996. The number of nitrogens with one attached hydrogen (secondary N) is 3. The van der Waals surface area contributed by atoms with Crippen molar-refractivity contribution in [3.8, 4) is 16.9 Å². The molecule has 3 N–H and O–H groups in total. The number of piperazine rings is 1. The molecule has 1 fully saturated rings. The van der Waals surface area contributed by atoms with Gasteiger partial charge in [-0.05, 0) is 61.7 Å². The molecule has 0 aliphatic carbocycles. The molecular weight excluding hydrogens is 746 g/mol. The van der Waals surface area contributed by atoms with E-state index in [-0.39, 0.29) is 11.3 Å². The fourth-order valence-corrected chi connectivity index (χ4v) is 7.03. The standard InChI is InChI=1S/C41H44ClN11O4/c1-25-23-51(16-14-27-6-9-29(10-7-27)53-17-15-36(54)48-40(53)56)18-19-52(25)30-11-13-34(43-22-30)47-35-21-33(44-24-45-35)28-8-12-31(32(42)20-28)26(2)46-37(55)38-49-39(50-57-38)41(3,4)5/h6-13,15,17,20-22,24-26H,14,16,18-19,23H2,1-5H3,(H,46,55)(H,48,54,56)(H,43,44,45,47)/t25-,26+/m0/s1. The second-order valence-electron chi connectivity index (χ2n) is 15.2. The number of hydrogen-bond donors (Lipinski definition) is 3. The zero-order valence-electron chi connectivity index (χ0n) is 32.4. The Balaban J connectivity index is 0.911. The van der Waals surface area contributed by atoms with E-state index >= 15 is 0 Å². The number of aromatic amines is 1. The first-order chi connectivity index (χ1) is 27.3. The third kappa shape index (κ3) is 9.27. The average molecular weight is 790 g/mol. The van der Waals surface area contributed by atoms with Gasteiger partial charge in [0.25, 0.3) is 5.56 Å². The van der Waals surface area contributed by atoms with Crippen LogP contribution in [0.25, 0.3) is 16.9 Å². The van der Waals surface area contributed by atoms with Crippen LogP contribution in [0, 0.1) is 0 Å². The first-order valence-electron chi connectivity index (χ1n) is 18.7. The van der Waals surface area contributed by atoms with Gasteiger partial charge in [-0.15, -0.1) is 0 Å². The molecular formula is C41H44ClN11O4. The van der Waals surface area contributed by atoms with Crippen molar-refractivity contribution < 1.29 is 9.32 Å². The number of anilines is 3. The number of aromatic nitrogens is 7. The fourth-order valence-electron chi connectivity index (χ4n) is 6.69. The fraction of sp³-hybridized carbons (Fsp3) is 0.317. The molecule has 294 valence electrons. The highest BCUT2D eigenvalue weighted by Gasteiger charge is 2.26. The van der Waals surface area contributed by atoms with Gasteiger partial charge in [-0.3, -0.25) is 24.0 Å². The van der Waals surface area contributed by atoms with Crippen LogP contribution in [-0.4, -0.2) is 77.7 Å². The zero-order valence-corrected chi connectivity index (χ0v) is 33.1. The van der Waals surface area contributed by atoms with Crippen molar-refractivity contribution in [2.75, 3.05) is 36.4 Å². The van der Waals surface area contributed by atoms with E-state index < -0.39 is 23.2 Å². The number of carbonyl (C=O) groups is 1. The molecule has 5 heterocycles. The second kappa shape index (κ2) is 16.5. The number of nitrogens with zero attached hydrogens (tertiary/aromatic N) is 8. The number of H-pyrrole nitrogens is 1. The van der Waals surface area contributed by atoms with Gasteiger partial charge in [0.1, 0.15) is 18.0 Å². The summed E-state index contributed by atoms with van der Waals surface area (Å²) in [6.45, 7) is 13.5. The summed E-state index contributed by atoms with van der Waals surface area (Å²) in [4.78, 5) is 61.2. The Kier molecular flexibility index (Phi) is 11.3. The lowest BCUT2D eigenvalue weighted by molar-refractivity contribution is 0.0895. The Hall–Kier alpha value is -6.19. The maximum atomic E-state index is 12.8. The third-order valence-electron chi connectivity index (χ3n) is 9.87. The second-order valence-corrected chi connectivity index (χ2v) is 15.6. The summed E-state index contributed by atoms with van der Waals surface area (Å²) in [5.74, 6) is 1.11. The van der Waals surface area contributed by atoms with Gasteiger partial charge in [0.05, 0.1) is 29.3 Å². The van der Waals surface area contributed by atoms with E-state index in [1.54, 1.807) is 0 Å². The molecule has 1 amide bonds. The van der Waals surface area contributed by atoms with E-state index in [0.717, 1.165) is 49.4 Å². The third-order valence-corrected chi connectivity index (χ3v) is 10.2. The largest absolute Gasteiger partial charge is 0.365 e. The summed E-state index contributed by atoms with van der Waals surface area (Å²) in [6.07, 6.45) is 5.74. The van der Waals surface area contributed by atoms with Gasteiger partial charge in [-0.2, -0.15) is 4.98 Å². The minimum atomic E-state index is -0.477. The lowest BCUT2D eigenvalue weighted by atomic mass is 9.96. The molecule has 7 rings (SSSR count). The molecule has 0 spiro atoms. The maximum Gasteiger partial charge on any atom is 0.332 e. The first kappa shape index (κ1) is 39.1. The molecule has 16 heteroatoms. The number of carbonyl (C=O) groups excluding carboxylic acids is 1. The van der Waals surface area contributed by atoms with Crippen molar-refractivity contribution in [3.63, 3.8) is 0 Å². The van der Waals surface area contributed by atoms with Crippen molar-refractivity contribution >= 4 is 34.8 Å². The number of hydrogen-bond acceptors (Lipinski definition) is 12. The molecule has 57 heavy (non-hydrogen) atoms. The van der Waals surface area contributed by atoms with Crippen molar-refractivity contribution in [1.29, 1.82) is 0 Å². The molecule has 15 nitrogen and oxygen atoms in total. The lowest BCUT2D eigenvalue weighted by Crippen LogP contribution is -2.52. The summed E-state index contributed by atoms with van der Waals surface area (Å²) in [6, 6.07) is 20.5. The Morgan fingerprint density at radius 2 is 1.77 bits per heavy atom. The number of rotatable bonds is 11. The molecule has 0 radical (unpaired) electrons. The Morgan fingerprint density at radius 3 is 2.46 bits per heavy atom. The van der Waals surface area contributed by atoms with Crippen molar-refractivity contribution in [2.45, 2.75) is 58.5 Å². The summed E-state index contributed by atoms with van der Waals surface area (Å²) >= 11 is 6.71. The van der Waals surface area contributed by atoms with Crippen molar-refractivity contribution in [3.05, 3.63) is 134 Å². The molecule has 0 bridgehead atoms. The summed E-state index contributed by atoms with van der Waals surface area (Å²) < 4.78 is 6.60. The van der Waals surface area contributed by atoms with Gasteiger partial charge in [-0.25, -0.2) is 19.7 Å². The van der Waals surface area contributed by atoms with Crippen LogP contribution in [-0.2, 0) is 11.8 Å². The van der Waals surface area contributed by atoms with Crippen LogP contribution in [0.4, 0.5) is 17.3 Å². The number of amides is 1. The molecule has 0 saturated carbocycles. The van der Waals surface area contributed by atoms with E-state index in [1.165, 1.54) is 28.7 Å².